The van der Waals surface area contributed by atoms with E-state index >= 15 is 0 Å². The minimum Gasteiger partial charge on any atom is -0.481 e. The van der Waals surface area contributed by atoms with Crippen LogP contribution in [0.25, 0.3) is 0 Å². The number of carbonyl (C=O) groups excluding carboxylic acids is 1. The lowest BCUT2D eigenvalue weighted by Crippen LogP contribution is -2.27. The maximum atomic E-state index is 10.6. The lowest BCUT2D eigenvalue weighted by atomic mass is 10.1. The number of carboxylic acids is 1. The Morgan fingerprint density at radius 1 is 0.660 bits per heavy atom. The van der Waals surface area contributed by atoms with Crippen LogP contribution in [-0.2, 0) is 42.7 Å². The molecule has 0 aliphatic heterocycles. The lowest BCUT2D eigenvalue weighted by Gasteiger charge is -2.18. The molecule has 1 aliphatic rings. The summed E-state index contributed by atoms with van der Waals surface area (Å²) in [4.78, 5) is 18.6. The standard InChI is InChI=1S/C34H62O9.CH4O.CH2O/c1-2-3-4-5-8-14-19-40-30-33(43-20-15-9-6-7-13-18-34(35)36)31-42-28-26-39-24-22-37-21-23-38-25-27-41-29-32-16-11-10-12-17-32;2*1-2/h11,16-17,33H,2-10,12-15,18-31H2,1H3,(H,35,36);2H,1H3;1H2. The van der Waals surface area contributed by atoms with Gasteiger partial charge >= 0.3 is 5.97 Å². The van der Waals surface area contributed by atoms with Crippen LogP contribution in [0.3, 0.4) is 0 Å². The molecule has 0 saturated carbocycles. The van der Waals surface area contributed by atoms with Crippen LogP contribution in [-0.4, -0.2) is 122 Å². The highest BCUT2D eigenvalue weighted by atomic mass is 16.6. The van der Waals surface area contributed by atoms with Crippen molar-refractivity contribution in [2.45, 2.75) is 103 Å². The summed E-state index contributed by atoms with van der Waals surface area (Å²) in [5, 5.41) is 15.7. The quantitative estimate of drug-likeness (QED) is 0.0781. The van der Waals surface area contributed by atoms with Crippen molar-refractivity contribution in [3.63, 3.8) is 0 Å². The Labute approximate surface area is 285 Å². The second kappa shape index (κ2) is 42.3. The van der Waals surface area contributed by atoms with Gasteiger partial charge in [-0.2, -0.15) is 0 Å². The maximum Gasteiger partial charge on any atom is 0.303 e. The van der Waals surface area contributed by atoms with Gasteiger partial charge in [-0.05, 0) is 37.7 Å². The van der Waals surface area contributed by atoms with Crippen molar-refractivity contribution in [2.24, 2.45) is 0 Å². The van der Waals surface area contributed by atoms with Gasteiger partial charge in [0.2, 0.25) is 0 Å². The van der Waals surface area contributed by atoms with E-state index in [2.05, 4.69) is 25.2 Å². The molecule has 1 rings (SSSR count). The minimum absolute atomic E-state index is 0.0954. The summed E-state index contributed by atoms with van der Waals surface area (Å²) >= 11 is 0. The van der Waals surface area contributed by atoms with Crippen molar-refractivity contribution in [3.05, 3.63) is 23.8 Å². The molecular weight excluding hydrogens is 608 g/mol. The van der Waals surface area contributed by atoms with Crippen molar-refractivity contribution in [1.82, 2.24) is 0 Å². The van der Waals surface area contributed by atoms with Gasteiger partial charge < -0.3 is 48.2 Å². The monoisotopic (exact) mass is 676 g/mol. The average Bonchev–Trinajstić information content (AvgIpc) is 3.10. The highest BCUT2D eigenvalue weighted by Gasteiger charge is 2.10. The molecule has 0 spiro atoms. The van der Waals surface area contributed by atoms with Crippen LogP contribution in [0.4, 0.5) is 0 Å². The SMILES string of the molecule is C=O.CCCCCCCCOCC(COCCOCCOCCOCCOCC1=CCCC=C1)OCCCCCCCC(=O)O.CO. The predicted molar refractivity (Wildman–Crippen MR) is 185 cm³/mol. The molecule has 11 heteroatoms. The summed E-state index contributed by atoms with van der Waals surface area (Å²) in [6.07, 6.45) is 21.1. The van der Waals surface area contributed by atoms with Gasteiger partial charge in [-0.3, -0.25) is 4.79 Å². The Kier molecular flexibility index (Phi) is 42.7. The van der Waals surface area contributed by atoms with Gasteiger partial charge in [0.1, 0.15) is 12.9 Å². The Bertz CT molecular complexity index is 688. The van der Waals surface area contributed by atoms with Crippen LogP contribution < -0.4 is 0 Å². The van der Waals surface area contributed by atoms with E-state index < -0.39 is 5.97 Å². The van der Waals surface area contributed by atoms with Gasteiger partial charge in [-0.25, -0.2) is 0 Å². The minimum atomic E-state index is -0.717. The summed E-state index contributed by atoms with van der Waals surface area (Å²) in [5.41, 5.74) is 1.25. The number of hydrogen-bond acceptors (Lipinski definition) is 10. The largest absolute Gasteiger partial charge is 0.481 e. The van der Waals surface area contributed by atoms with Gasteiger partial charge in [-0.15, -0.1) is 0 Å². The van der Waals surface area contributed by atoms with Crippen LogP contribution in [0.15, 0.2) is 23.8 Å². The summed E-state index contributed by atoms with van der Waals surface area (Å²) < 4.78 is 40.1. The van der Waals surface area contributed by atoms with E-state index in [-0.39, 0.29) is 12.5 Å². The number of unbranched alkanes of at least 4 members (excludes halogenated alkanes) is 9. The lowest BCUT2D eigenvalue weighted by molar-refractivity contribution is -0.137. The van der Waals surface area contributed by atoms with Crippen molar-refractivity contribution in [2.75, 3.05) is 93.0 Å². The molecule has 0 fully saturated rings. The molecule has 2 N–H and O–H groups in total. The zero-order valence-corrected chi connectivity index (χ0v) is 29.7. The molecule has 0 aromatic carbocycles. The van der Waals surface area contributed by atoms with E-state index in [4.69, 9.17) is 48.2 Å². The number of carboxylic acid groups (broad SMARTS) is 1. The maximum absolute atomic E-state index is 10.6. The Balaban J connectivity index is 0. The number of hydrogen-bond donors (Lipinski definition) is 2. The fourth-order valence-electron chi connectivity index (χ4n) is 4.46. The van der Waals surface area contributed by atoms with Crippen LogP contribution >= 0.6 is 0 Å². The number of carbonyl (C=O) groups is 2. The second-order valence-electron chi connectivity index (χ2n) is 11.0. The number of aliphatic hydroxyl groups excluding tert-OH is 1. The highest BCUT2D eigenvalue weighted by Crippen LogP contribution is 2.10. The van der Waals surface area contributed by atoms with E-state index in [9.17, 15) is 4.79 Å². The van der Waals surface area contributed by atoms with Gasteiger partial charge in [0, 0.05) is 26.7 Å². The van der Waals surface area contributed by atoms with E-state index in [0.29, 0.717) is 79.3 Å². The van der Waals surface area contributed by atoms with E-state index in [0.717, 1.165) is 65.1 Å². The summed E-state index contributed by atoms with van der Waals surface area (Å²) in [7, 11) is 1.00. The van der Waals surface area contributed by atoms with Crippen molar-refractivity contribution < 1.29 is 53.0 Å². The second-order valence-corrected chi connectivity index (χ2v) is 11.0. The third-order valence-corrected chi connectivity index (χ3v) is 6.97. The molecule has 0 radical (unpaired) electrons. The molecular formula is C36H68O11. The topological polar surface area (TPSA) is 139 Å². The normalized spacial score (nSPS) is 12.9. The zero-order valence-electron chi connectivity index (χ0n) is 29.7. The first-order chi connectivity index (χ1) is 23.2. The van der Waals surface area contributed by atoms with Crippen LogP contribution in [0, 0.1) is 0 Å². The fraction of sp³-hybridized carbons (Fsp3) is 0.833. The fourth-order valence-corrected chi connectivity index (χ4v) is 4.46. The number of aliphatic hydroxyl groups is 1. The molecule has 1 unspecified atom stereocenters. The van der Waals surface area contributed by atoms with Crippen LogP contribution in [0.1, 0.15) is 96.8 Å². The molecule has 0 saturated heterocycles. The smallest absolute Gasteiger partial charge is 0.303 e. The summed E-state index contributed by atoms with van der Waals surface area (Å²) in [6, 6.07) is 0. The zero-order chi connectivity index (χ0) is 34.9. The van der Waals surface area contributed by atoms with E-state index in [1.807, 2.05) is 6.79 Å². The summed E-state index contributed by atoms with van der Waals surface area (Å²) in [5.74, 6) is -0.717. The van der Waals surface area contributed by atoms with Gasteiger partial charge in [0.05, 0.1) is 72.7 Å². The molecule has 1 atom stereocenters. The number of ether oxygens (including phenoxy) is 7. The van der Waals surface area contributed by atoms with Crippen LogP contribution in [0.5, 0.6) is 0 Å². The average molecular weight is 677 g/mol. The van der Waals surface area contributed by atoms with Gasteiger partial charge in [0.25, 0.3) is 0 Å². The Morgan fingerprint density at radius 3 is 1.70 bits per heavy atom. The molecule has 0 bridgehead atoms. The molecule has 11 nitrogen and oxygen atoms in total. The highest BCUT2D eigenvalue weighted by molar-refractivity contribution is 5.66. The molecule has 278 valence electrons. The molecule has 1 aliphatic carbocycles. The third-order valence-electron chi connectivity index (χ3n) is 6.97. The molecule has 0 amide bonds. The molecule has 0 heterocycles. The third kappa shape index (κ3) is 38.6. The first kappa shape index (κ1) is 47.4. The van der Waals surface area contributed by atoms with E-state index in [1.165, 1.54) is 37.7 Å². The van der Waals surface area contributed by atoms with Crippen molar-refractivity contribution in [1.29, 1.82) is 0 Å². The van der Waals surface area contributed by atoms with Gasteiger partial charge in [-0.1, -0.05) is 76.5 Å². The van der Waals surface area contributed by atoms with Crippen LogP contribution in [0.2, 0.25) is 0 Å². The first-order valence-electron chi connectivity index (χ1n) is 17.6. The Morgan fingerprint density at radius 2 is 1.15 bits per heavy atom. The van der Waals surface area contributed by atoms with Crippen molar-refractivity contribution in [3.8, 4) is 0 Å². The predicted octanol–water partition coefficient (Wildman–Crippen LogP) is 5.96. The van der Waals surface area contributed by atoms with Crippen molar-refractivity contribution >= 4 is 12.8 Å². The number of aliphatic carboxylic acids is 1. The summed E-state index contributed by atoms with van der Waals surface area (Å²) in [6.45, 7) is 11.6. The Hall–Kier alpha value is -1.70. The number of allylic oxidation sites excluding steroid dienone is 2. The molecule has 47 heavy (non-hydrogen) atoms. The molecule has 0 aromatic rings. The number of rotatable bonds is 34. The molecule has 0 aromatic heterocycles. The van der Waals surface area contributed by atoms with E-state index in [1.54, 1.807) is 0 Å². The van der Waals surface area contributed by atoms with Gasteiger partial charge in [0.15, 0.2) is 0 Å². The first-order valence-corrected chi connectivity index (χ1v) is 17.6.